The minimum atomic E-state index is -1.79. The summed E-state index contributed by atoms with van der Waals surface area (Å²) in [5, 5.41) is 87.3. The molecule has 12 atom stereocenters. The van der Waals surface area contributed by atoms with Crippen LogP contribution in [-0.4, -0.2) is 140 Å². The summed E-state index contributed by atoms with van der Waals surface area (Å²) >= 11 is 0. The highest BCUT2D eigenvalue weighted by molar-refractivity contribution is 5.76. The topological polar surface area (TPSA) is 228 Å². The fourth-order valence-corrected chi connectivity index (χ4v) is 12.8. The zero-order valence-electron chi connectivity index (χ0n) is 57.5. The molecule has 89 heavy (non-hydrogen) atoms. The molecule has 526 valence electrons. The molecule has 0 radical (unpaired) electrons. The monoisotopic (exact) mass is 1270 g/mol. The lowest BCUT2D eigenvalue weighted by atomic mass is 9.97. The van der Waals surface area contributed by atoms with Gasteiger partial charge in [0.05, 0.1) is 32.0 Å². The Morgan fingerprint density at radius 1 is 0.393 bits per heavy atom. The molecule has 0 saturated carbocycles. The van der Waals surface area contributed by atoms with Crippen molar-refractivity contribution in [3.63, 3.8) is 0 Å². The molecular formula is C75H143NO13. The van der Waals surface area contributed by atoms with Gasteiger partial charge in [0.15, 0.2) is 12.6 Å². The van der Waals surface area contributed by atoms with Crippen molar-refractivity contribution in [2.75, 3.05) is 19.8 Å². The number of hydrogen-bond acceptors (Lipinski definition) is 13. The summed E-state index contributed by atoms with van der Waals surface area (Å²) in [5.41, 5.74) is 0. The number of allylic oxidation sites excluding steroid dienone is 3. The first kappa shape index (κ1) is 83.6. The summed E-state index contributed by atoms with van der Waals surface area (Å²) in [4.78, 5) is 13.3. The summed E-state index contributed by atoms with van der Waals surface area (Å²) in [6, 6.07) is -0.911. The minimum Gasteiger partial charge on any atom is -0.394 e. The van der Waals surface area contributed by atoms with Crippen LogP contribution in [0.1, 0.15) is 354 Å². The number of carbonyl (C=O) groups is 1. The second kappa shape index (κ2) is 60.2. The van der Waals surface area contributed by atoms with Crippen LogP contribution in [0, 0.1) is 0 Å². The van der Waals surface area contributed by atoms with E-state index in [1.807, 2.05) is 6.08 Å². The van der Waals surface area contributed by atoms with E-state index in [1.54, 1.807) is 6.08 Å². The van der Waals surface area contributed by atoms with Crippen molar-refractivity contribution in [2.24, 2.45) is 0 Å². The third kappa shape index (κ3) is 44.0. The molecule has 14 heteroatoms. The molecule has 1 amide bonds. The van der Waals surface area contributed by atoms with Crippen LogP contribution in [-0.2, 0) is 23.7 Å². The standard InChI is InChI=1S/C75H143NO13/c1-3-5-7-9-11-13-15-17-19-20-21-22-23-24-25-26-27-28-29-30-31-32-33-34-35-36-37-38-39-40-41-42-43-44-45-47-49-51-53-55-57-59-67(80)76-63(64(79)58-56-54-52-50-48-46-18-16-14-12-10-8-6-4-2)62-86-74-72(85)70(83)73(66(61-78)88-74)89-75-71(84)69(82)68(81)65(60-77)87-75/h20-21,56,58,63-66,68-75,77-79,81-85H,3-19,22-55,57,59-62H2,1-2H3,(H,76,80)/b21-20-,58-56+. The number of nitrogens with one attached hydrogen (secondary N) is 1. The van der Waals surface area contributed by atoms with Crippen molar-refractivity contribution in [1.29, 1.82) is 0 Å². The molecule has 2 heterocycles. The van der Waals surface area contributed by atoms with Crippen LogP contribution in [0.5, 0.6) is 0 Å². The Labute approximate surface area is 545 Å². The summed E-state index contributed by atoms with van der Waals surface area (Å²) in [6.45, 7) is 2.84. The van der Waals surface area contributed by atoms with Gasteiger partial charge in [0.25, 0.3) is 0 Å². The minimum absolute atomic E-state index is 0.232. The lowest BCUT2D eigenvalue weighted by Crippen LogP contribution is -2.65. The Bertz CT molecular complexity index is 1590. The van der Waals surface area contributed by atoms with E-state index in [-0.39, 0.29) is 18.9 Å². The third-order valence-electron chi connectivity index (χ3n) is 18.9. The first-order valence-corrected chi connectivity index (χ1v) is 38.1. The number of aliphatic hydroxyl groups excluding tert-OH is 8. The van der Waals surface area contributed by atoms with Crippen LogP contribution < -0.4 is 5.32 Å². The van der Waals surface area contributed by atoms with Crippen LogP contribution in [0.25, 0.3) is 0 Å². The highest BCUT2D eigenvalue weighted by Crippen LogP contribution is 2.30. The maximum absolute atomic E-state index is 13.3. The van der Waals surface area contributed by atoms with Gasteiger partial charge >= 0.3 is 0 Å². The number of amides is 1. The molecular weight excluding hydrogens is 1120 g/mol. The molecule has 0 spiro atoms. The average molecular weight is 1270 g/mol. The molecule has 2 rings (SSSR count). The molecule has 0 aromatic rings. The van der Waals surface area contributed by atoms with Crippen molar-refractivity contribution in [3.05, 3.63) is 24.3 Å². The van der Waals surface area contributed by atoms with E-state index < -0.39 is 86.8 Å². The molecule has 9 N–H and O–H groups in total. The smallest absolute Gasteiger partial charge is 0.220 e. The number of ether oxygens (including phenoxy) is 4. The molecule has 2 aliphatic heterocycles. The molecule has 2 saturated heterocycles. The van der Waals surface area contributed by atoms with E-state index in [0.29, 0.717) is 6.42 Å². The van der Waals surface area contributed by atoms with Crippen molar-refractivity contribution < 1.29 is 64.6 Å². The Hall–Kier alpha value is -1.53. The van der Waals surface area contributed by atoms with E-state index in [9.17, 15) is 45.6 Å². The van der Waals surface area contributed by atoms with E-state index in [2.05, 4.69) is 31.3 Å². The lowest BCUT2D eigenvalue weighted by molar-refractivity contribution is -0.359. The number of hydrogen-bond donors (Lipinski definition) is 9. The summed E-state index contributed by atoms with van der Waals surface area (Å²) in [7, 11) is 0. The third-order valence-corrected chi connectivity index (χ3v) is 18.9. The average Bonchev–Trinajstić information content (AvgIpc) is 2.74. The van der Waals surface area contributed by atoms with Gasteiger partial charge in [-0.1, -0.05) is 327 Å². The number of rotatable bonds is 64. The number of aliphatic hydroxyl groups is 8. The molecule has 14 nitrogen and oxygen atoms in total. The second-order valence-electron chi connectivity index (χ2n) is 27.1. The Kier molecular flexibility index (Phi) is 56.5. The number of unbranched alkanes of at least 4 members (excludes halogenated alkanes) is 49. The van der Waals surface area contributed by atoms with Crippen LogP contribution >= 0.6 is 0 Å². The molecule has 12 unspecified atom stereocenters. The van der Waals surface area contributed by atoms with Gasteiger partial charge in [-0.05, 0) is 44.9 Å². The van der Waals surface area contributed by atoms with Gasteiger partial charge in [-0.2, -0.15) is 0 Å². The Morgan fingerprint density at radius 3 is 1.07 bits per heavy atom. The summed E-state index contributed by atoms with van der Waals surface area (Å²) in [6.07, 6.45) is 60.0. The zero-order chi connectivity index (χ0) is 64.5. The van der Waals surface area contributed by atoms with Gasteiger partial charge in [0, 0.05) is 6.42 Å². The Balaban J connectivity index is 1.52. The van der Waals surface area contributed by atoms with Crippen LogP contribution in [0.2, 0.25) is 0 Å². The fraction of sp³-hybridized carbons (Fsp3) is 0.933. The molecule has 0 aliphatic carbocycles. The van der Waals surface area contributed by atoms with Crippen molar-refractivity contribution in [1.82, 2.24) is 5.32 Å². The quantitative estimate of drug-likeness (QED) is 0.0204. The molecule has 2 fully saturated rings. The SMILES string of the molecule is CCCCCCCCCC/C=C\CCCCCCCCCCCCCCCCCCCCCCCCCCCCCCCC(=O)NC(COC1OC(CO)C(OC2OC(CO)C(O)C(O)C2O)C(O)C1O)C(O)/C=C/CCCCCCCCCCCCCC. The Morgan fingerprint density at radius 2 is 0.708 bits per heavy atom. The molecule has 0 bridgehead atoms. The highest BCUT2D eigenvalue weighted by Gasteiger charge is 2.51. The lowest BCUT2D eigenvalue weighted by Gasteiger charge is -2.46. The molecule has 0 aromatic carbocycles. The maximum Gasteiger partial charge on any atom is 0.220 e. The predicted molar refractivity (Wildman–Crippen MR) is 365 cm³/mol. The van der Waals surface area contributed by atoms with E-state index >= 15 is 0 Å². The molecule has 0 aromatic heterocycles. The maximum atomic E-state index is 13.3. The van der Waals surface area contributed by atoms with Gasteiger partial charge in [-0.15, -0.1) is 0 Å². The van der Waals surface area contributed by atoms with Crippen molar-refractivity contribution in [2.45, 2.75) is 428 Å². The van der Waals surface area contributed by atoms with Crippen LogP contribution in [0.3, 0.4) is 0 Å². The van der Waals surface area contributed by atoms with E-state index in [0.717, 1.165) is 38.5 Å². The van der Waals surface area contributed by atoms with E-state index in [4.69, 9.17) is 18.9 Å². The second-order valence-corrected chi connectivity index (χ2v) is 27.1. The summed E-state index contributed by atoms with van der Waals surface area (Å²) < 4.78 is 22.8. The van der Waals surface area contributed by atoms with Crippen molar-refractivity contribution >= 4 is 5.91 Å². The van der Waals surface area contributed by atoms with Gasteiger partial charge in [0.1, 0.15) is 48.8 Å². The predicted octanol–water partition coefficient (Wildman–Crippen LogP) is 16.3. The zero-order valence-corrected chi connectivity index (χ0v) is 57.5. The largest absolute Gasteiger partial charge is 0.394 e. The summed E-state index contributed by atoms with van der Waals surface area (Å²) in [5.74, 6) is -0.232. The van der Waals surface area contributed by atoms with Gasteiger partial charge < -0.3 is 65.1 Å². The van der Waals surface area contributed by atoms with Crippen LogP contribution in [0.4, 0.5) is 0 Å². The van der Waals surface area contributed by atoms with Crippen LogP contribution in [0.15, 0.2) is 24.3 Å². The first-order chi connectivity index (χ1) is 43.6. The highest BCUT2D eigenvalue weighted by atomic mass is 16.7. The number of carbonyl (C=O) groups excluding carboxylic acids is 1. The van der Waals surface area contributed by atoms with Gasteiger partial charge in [-0.25, -0.2) is 0 Å². The van der Waals surface area contributed by atoms with Gasteiger partial charge in [-0.3, -0.25) is 4.79 Å². The van der Waals surface area contributed by atoms with E-state index in [1.165, 1.54) is 289 Å². The first-order valence-electron chi connectivity index (χ1n) is 38.1. The van der Waals surface area contributed by atoms with Gasteiger partial charge in [0.2, 0.25) is 5.91 Å². The normalized spacial score (nSPS) is 23.1. The molecule has 2 aliphatic rings. The van der Waals surface area contributed by atoms with Crippen molar-refractivity contribution in [3.8, 4) is 0 Å². The fourth-order valence-electron chi connectivity index (χ4n) is 12.8.